The Morgan fingerprint density at radius 3 is 2.84 bits per heavy atom. The second-order valence-electron chi connectivity index (χ2n) is 5.02. The molecule has 0 aromatic carbocycles. The van der Waals surface area contributed by atoms with Gasteiger partial charge in [-0.25, -0.2) is 0 Å². The molecule has 0 bridgehead atoms. The van der Waals surface area contributed by atoms with Crippen molar-refractivity contribution in [3.63, 3.8) is 0 Å². The van der Waals surface area contributed by atoms with Gasteiger partial charge in [0.1, 0.15) is 5.75 Å². The number of nitrogens with one attached hydrogen (secondary N) is 1. The number of hydrogen-bond donors (Lipinski definition) is 1. The van der Waals surface area contributed by atoms with E-state index in [4.69, 9.17) is 4.74 Å². The first-order chi connectivity index (χ1) is 9.24. The number of carbonyl (C=O) groups is 1. The number of carbonyl (C=O) groups excluding carboxylic acids is 1. The van der Waals surface area contributed by atoms with Crippen molar-refractivity contribution < 1.29 is 9.53 Å². The maximum Gasteiger partial charge on any atom is 0.261 e. The van der Waals surface area contributed by atoms with Crippen molar-refractivity contribution in [3.05, 3.63) is 16.3 Å². The molecule has 0 aliphatic heterocycles. The second-order valence-corrected chi connectivity index (χ2v) is 6.58. The van der Waals surface area contributed by atoms with Crippen LogP contribution in [0.5, 0.6) is 5.75 Å². The molecule has 1 saturated carbocycles. The fourth-order valence-electron chi connectivity index (χ4n) is 2.61. The van der Waals surface area contributed by atoms with Gasteiger partial charge in [-0.3, -0.25) is 4.79 Å². The summed E-state index contributed by atoms with van der Waals surface area (Å²) in [6.07, 6.45) is 5.11. The highest BCUT2D eigenvalue weighted by molar-refractivity contribution is 9.09. The van der Waals surface area contributed by atoms with Crippen LogP contribution in [-0.4, -0.2) is 24.9 Å². The van der Waals surface area contributed by atoms with E-state index in [-0.39, 0.29) is 5.91 Å². The summed E-state index contributed by atoms with van der Waals surface area (Å²) >= 11 is 5.02. The van der Waals surface area contributed by atoms with Crippen LogP contribution in [0.15, 0.2) is 11.4 Å². The fraction of sp³-hybridized carbons (Fsp3) is 0.643. The molecule has 0 saturated heterocycles. The molecular formula is C14H20BrNO2S. The highest BCUT2D eigenvalue weighted by atomic mass is 79.9. The lowest BCUT2D eigenvalue weighted by molar-refractivity contribution is 0.0941. The Balaban J connectivity index is 1.85. The lowest BCUT2D eigenvalue weighted by Crippen LogP contribution is -2.34. The van der Waals surface area contributed by atoms with Crippen molar-refractivity contribution >= 4 is 33.2 Å². The van der Waals surface area contributed by atoms with Crippen LogP contribution >= 0.6 is 27.3 Å². The van der Waals surface area contributed by atoms with E-state index in [1.54, 1.807) is 13.2 Å². The molecule has 2 atom stereocenters. The van der Waals surface area contributed by atoms with Crippen LogP contribution in [0, 0.1) is 11.8 Å². The Labute approximate surface area is 126 Å². The van der Waals surface area contributed by atoms with Gasteiger partial charge in [0.2, 0.25) is 0 Å². The molecule has 1 amide bonds. The first-order valence-electron chi connectivity index (χ1n) is 6.71. The smallest absolute Gasteiger partial charge is 0.261 e. The summed E-state index contributed by atoms with van der Waals surface area (Å²) in [6, 6.07) is 1.79. The van der Waals surface area contributed by atoms with Crippen LogP contribution < -0.4 is 10.1 Å². The zero-order chi connectivity index (χ0) is 13.7. The summed E-state index contributed by atoms with van der Waals surface area (Å²) < 4.78 is 5.10. The van der Waals surface area contributed by atoms with Gasteiger partial charge in [0.05, 0.1) is 12.0 Å². The van der Waals surface area contributed by atoms with Gasteiger partial charge in [0, 0.05) is 23.3 Å². The third-order valence-electron chi connectivity index (χ3n) is 3.82. The van der Waals surface area contributed by atoms with Crippen molar-refractivity contribution in [2.45, 2.75) is 25.7 Å². The van der Waals surface area contributed by atoms with E-state index in [1.807, 2.05) is 5.38 Å². The number of rotatable bonds is 5. The number of amides is 1. The molecule has 1 heterocycles. The Hall–Kier alpha value is -0.550. The quantitative estimate of drug-likeness (QED) is 0.826. The summed E-state index contributed by atoms with van der Waals surface area (Å²) in [7, 11) is 1.62. The average molecular weight is 346 g/mol. The van der Waals surface area contributed by atoms with Crippen LogP contribution in [0.25, 0.3) is 0 Å². The Bertz CT molecular complexity index is 421. The van der Waals surface area contributed by atoms with Crippen LogP contribution in [-0.2, 0) is 0 Å². The highest BCUT2D eigenvalue weighted by Gasteiger charge is 2.24. The van der Waals surface area contributed by atoms with Crippen LogP contribution in [0.2, 0.25) is 0 Å². The largest absolute Gasteiger partial charge is 0.496 e. The molecule has 3 nitrogen and oxygen atoms in total. The first-order valence-corrected chi connectivity index (χ1v) is 8.71. The first kappa shape index (κ1) is 14.9. The number of ether oxygens (including phenoxy) is 1. The second kappa shape index (κ2) is 7.29. The summed E-state index contributed by atoms with van der Waals surface area (Å²) in [6.45, 7) is 0.787. The summed E-state index contributed by atoms with van der Waals surface area (Å²) in [4.78, 5) is 12.8. The molecular weight excluding hydrogens is 326 g/mol. The van der Waals surface area contributed by atoms with Crippen molar-refractivity contribution in [3.8, 4) is 5.75 Å². The predicted molar refractivity (Wildman–Crippen MR) is 82.4 cm³/mol. The zero-order valence-electron chi connectivity index (χ0n) is 11.2. The maximum atomic E-state index is 12.0. The number of alkyl halides is 1. The lowest BCUT2D eigenvalue weighted by atomic mass is 9.80. The van der Waals surface area contributed by atoms with E-state index in [0.29, 0.717) is 11.8 Å². The number of thiophene rings is 1. The normalized spacial score (nSPS) is 23.1. The molecule has 1 N–H and O–H groups in total. The van der Waals surface area contributed by atoms with Gasteiger partial charge in [-0.15, -0.1) is 11.3 Å². The molecule has 0 radical (unpaired) electrons. The molecule has 1 aliphatic carbocycles. The minimum Gasteiger partial charge on any atom is -0.496 e. The van der Waals surface area contributed by atoms with E-state index < -0.39 is 0 Å². The summed E-state index contributed by atoms with van der Waals surface area (Å²) in [5.41, 5.74) is 0. The van der Waals surface area contributed by atoms with E-state index in [2.05, 4.69) is 21.2 Å². The van der Waals surface area contributed by atoms with Crippen LogP contribution in [0.4, 0.5) is 0 Å². The molecule has 2 unspecified atom stereocenters. The zero-order valence-corrected chi connectivity index (χ0v) is 13.6. The molecule has 1 aromatic rings. The predicted octanol–water partition coefficient (Wildman–Crippen LogP) is 3.69. The Kier molecular flexibility index (Phi) is 5.70. The van der Waals surface area contributed by atoms with Crippen LogP contribution in [0.1, 0.15) is 35.4 Å². The number of halogens is 1. The summed E-state index contributed by atoms with van der Waals surface area (Å²) in [5.74, 6) is 2.09. The topological polar surface area (TPSA) is 38.3 Å². The molecule has 2 rings (SSSR count). The molecule has 0 spiro atoms. The average Bonchev–Trinajstić information content (AvgIpc) is 2.94. The van der Waals surface area contributed by atoms with Crippen molar-refractivity contribution in [1.82, 2.24) is 5.32 Å². The van der Waals surface area contributed by atoms with E-state index in [9.17, 15) is 4.79 Å². The molecule has 1 aliphatic rings. The van der Waals surface area contributed by atoms with Gasteiger partial charge in [0.15, 0.2) is 0 Å². The Morgan fingerprint density at radius 1 is 1.47 bits per heavy atom. The third kappa shape index (κ3) is 3.96. The van der Waals surface area contributed by atoms with Gasteiger partial charge in [-0.1, -0.05) is 28.8 Å². The van der Waals surface area contributed by atoms with E-state index in [1.165, 1.54) is 37.0 Å². The summed E-state index contributed by atoms with van der Waals surface area (Å²) in [5, 5.41) is 5.97. The minimum absolute atomic E-state index is 0.0206. The van der Waals surface area contributed by atoms with E-state index >= 15 is 0 Å². The van der Waals surface area contributed by atoms with Crippen molar-refractivity contribution in [1.29, 1.82) is 0 Å². The van der Waals surface area contributed by atoms with Gasteiger partial charge in [-0.2, -0.15) is 0 Å². The molecule has 19 heavy (non-hydrogen) atoms. The fourth-order valence-corrected chi connectivity index (χ4v) is 4.24. The standard InChI is InChI=1S/C14H20BrNO2S/c1-18-12-6-13(19-9-12)14(17)16-8-11-5-3-2-4-10(11)7-15/h6,9-11H,2-5,7-8H2,1H3,(H,16,17). The molecule has 106 valence electrons. The molecule has 1 aromatic heterocycles. The van der Waals surface area contributed by atoms with Crippen LogP contribution in [0.3, 0.4) is 0 Å². The van der Waals surface area contributed by atoms with Gasteiger partial charge < -0.3 is 10.1 Å². The maximum absolute atomic E-state index is 12.0. The van der Waals surface area contributed by atoms with Gasteiger partial charge in [-0.05, 0) is 24.7 Å². The van der Waals surface area contributed by atoms with Crippen molar-refractivity contribution in [2.75, 3.05) is 19.0 Å². The van der Waals surface area contributed by atoms with Gasteiger partial charge >= 0.3 is 0 Å². The number of hydrogen-bond acceptors (Lipinski definition) is 3. The monoisotopic (exact) mass is 345 g/mol. The number of methoxy groups -OCH3 is 1. The van der Waals surface area contributed by atoms with E-state index in [0.717, 1.165) is 22.5 Å². The Morgan fingerprint density at radius 2 is 2.21 bits per heavy atom. The molecule has 1 fully saturated rings. The minimum atomic E-state index is 0.0206. The lowest BCUT2D eigenvalue weighted by Gasteiger charge is -2.30. The van der Waals surface area contributed by atoms with Gasteiger partial charge in [0.25, 0.3) is 5.91 Å². The molecule has 5 heteroatoms. The highest BCUT2D eigenvalue weighted by Crippen LogP contribution is 2.31. The van der Waals surface area contributed by atoms with Crippen molar-refractivity contribution in [2.24, 2.45) is 11.8 Å². The SMILES string of the molecule is COc1csc(C(=O)NCC2CCCCC2CBr)c1. The third-order valence-corrected chi connectivity index (χ3v) is 5.56.